The molecule has 0 amide bonds. The van der Waals surface area contributed by atoms with E-state index in [9.17, 15) is 13.2 Å². The molecule has 1 aliphatic rings. The van der Waals surface area contributed by atoms with E-state index in [4.69, 9.17) is 16.3 Å². The molecule has 1 aromatic carbocycles. The number of aliphatic imine (C=N–C) groups is 1. The first-order valence-electron chi connectivity index (χ1n) is 8.39. The van der Waals surface area contributed by atoms with Gasteiger partial charge in [0.25, 0.3) is 0 Å². The number of rotatable bonds is 6. The van der Waals surface area contributed by atoms with E-state index < -0.39 is 12.7 Å². The van der Waals surface area contributed by atoms with Crippen molar-refractivity contribution in [1.82, 2.24) is 15.5 Å². The molecule has 0 saturated carbocycles. The molecule has 27 heavy (non-hydrogen) atoms. The summed E-state index contributed by atoms with van der Waals surface area (Å²) in [6.45, 7) is 0.512. The molecule has 0 radical (unpaired) electrons. The number of nitrogens with zero attached hydrogens (tertiary/aromatic N) is 2. The molecule has 10 heteroatoms. The van der Waals surface area contributed by atoms with E-state index in [1.54, 1.807) is 20.2 Å². The summed E-state index contributed by atoms with van der Waals surface area (Å²) < 4.78 is 42.5. The summed E-state index contributed by atoms with van der Waals surface area (Å²) in [6.07, 6.45) is -2.82. The van der Waals surface area contributed by atoms with Crippen molar-refractivity contribution in [1.29, 1.82) is 0 Å². The van der Waals surface area contributed by atoms with E-state index in [1.165, 1.54) is 4.90 Å². The molecule has 0 spiro atoms. The zero-order valence-electron chi connectivity index (χ0n) is 15.3. The number of alkyl halides is 3. The second-order valence-electron chi connectivity index (χ2n) is 6.19. The Balaban J connectivity index is 0.00000364. The molecule has 154 valence electrons. The van der Waals surface area contributed by atoms with Crippen LogP contribution in [0.15, 0.2) is 23.2 Å². The van der Waals surface area contributed by atoms with E-state index in [0.29, 0.717) is 49.2 Å². The number of guanidine groups is 1. The van der Waals surface area contributed by atoms with Crippen LogP contribution >= 0.6 is 35.6 Å². The summed E-state index contributed by atoms with van der Waals surface area (Å²) >= 11 is 6.21. The molecule has 0 aromatic heterocycles. The minimum atomic E-state index is -4.16. The van der Waals surface area contributed by atoms with Crippen LogP contribution in [0.4, 0.5) is 13.2 Å². The molecule has 2 N–H and O–H groups in total. The van der Waals surface area contributed by atoms with Crippen molar-refractivity contribution in [3.8, 4) is 5.75 Å². The third-order valence-electron chi connectivity index (χ3n) is 4.19. The third-order valence-corrected chi connectivity index (χ3v) is 4.54. The smallest absolute Gasteiger partial charge is 0.401 e. The van der Waals surface area contributed by atoms with Gasteiger partial charge in [0.15, 0.2) is 5.96 Å². The quantitative estimate of drug-likeness (QED) is 0.343. The fraction of sp³-hybridized carbons (Fsp3) is 0.588. The first-order valence-corrected chi connectivity index (χ1v) is 8.77. The Kier molecular flexibility index (Phi) is 9.96. The zero-order valence-corrected chi connectivity index (χ0v) is 18.4. The van der Waals surface area contributed by atoms with E-state index in [-0.39, 0.29) is 30.0 Å². The summed E-state index contributed by atoms with van der Waals surface area (Å²) in [6, 6.07) is 5.47. The van der Waals surface area contributed by atoms with Gasteiger partial charge < -0.3 is 15.4 Å². The molecule has 1 heterocycles. The molecule has 0 bridgehead atoms. The van der Waals surface area contributed by atoms with Gasteiger partial charge in [-0.3, -0.25) is 9.89 Å². The first-order chi connectivity index (χ1) is 12.3. The number of benzene rings is 1. The minimum Gasteiger partial charge on any atom is -0.497 e. The average molecular weight is 521 g/mol. The fourth-order valence-electron chi connectivity index (χ4n) is 2.91. The number of methoxy groups -OCH3 is 1. The van der Waals surface area contributed by atoms with Crippen molar-refractivity contribution in [2.45, 2.75) is 25.1 Å². The van der Waals surface area contributed by atoms with Crippen molar-refractivity contribution in [2.24, 2.45) is 4.99 Å². The molecule has 1 fully saturated rings. The van der Waals surface area contributed by atoms with Crippen molar-refractivity contribution >= 4 is 41.5 Å². The molecule has 2 rings (SSSR count). The van der Waals surface area contributed by atoms with Gasteiger partial charge in [-0.25, -0.2) is 0 Å². The molecule has 1 unspecified atom stereocenters. The topological polar surface area (TPSA) is 48.9 Å². The number of ether oxygens (including phenoxy) is 1. The van der Waals surface area contributed by atoms with Crippen molar-refractivity contribution in [3.05, 3.63) is 28.8 Å². The van der Waals surface area contributed by atoms with Gasteiger partial charge in [0.1, 0.15) is 5.75 Å². The minimum absolute atomic E-state index is 0. The first kappa shape index (κ1) is 24.1. The highest BCUT2D eigenvalue weighted by molar-refractivity contribution is 14.0. The standard InChI is InChI=1S/C17H24ClF3N4O.HI/c1-22-16(24-13-6-8-25(10-13)11-17(19,20)21)23-7-5-12-3-4-14(26-2)9-15(12)18;/h3-4,9,13H,5-8,10-11H2,1-2H3,(H2,22,23,24);1H. The van der Waals surface area contributed by atoms with Crippen LogP contribution in [-0.4, -0.2) is 63.4 Å². The van der Waals surface area contributed by atoms with Crippen LogP contribution < -0.4 is 15.4 Å². The van der Waals surface area contributed by atoms with Crippen molar-refractivity contribution in [3.63, 3.8) is 0 Å². The summed E-state index contributed by atoms with van der Waals surface area (Å²) in [5.74, 6) is 1.28. The third kappa shape index (κ3) is 8.30. The Morgan fingerprint density at radius 3 is 2.74 bits per heavy atom. The van der Waals surface area contributed by atoms with Crippen LogP contribution in [0.3, 0.4) is 0 Å². The lowest BCUT2D eigenvalue weighted by atomic mass is 10.1. The molecule has 1 aliphatic heterocycles. The summed E-state index contributed by atoms with van der Waals surface area (Å²) in [7, 11) is 3.22. The zero-order chi connectivity index (χ0) is 19.2. The highest BCUT2D eigenvalue weighted by atomic mass is 127. The molecule has 1 atom stereocenters. The van der Waals surface area contributed by atoms with Gasteiger partial charge in [-0.05, 0) is 30.5 Å². The van der Waals surface area contributed by atoms with Crippen LogP contribution in [0.1, 0.15) is 12.0 Å². The van der Waals surface area contributed by atoms with Gasteiger partial charge in [-0.1, -0.05) is 17.7 Å². The van der Waals surface area contributed by atoms with Crippen molar-refractivity contribution < 1.29 is 17.9 Å². The highest BCUT2D eigenvalue weighted by Gasteiger charge is 2.34. The molecular formula is C17H25ClF3IN4O. The lowest BCUT2D eigenvalue weighted by Crippen LogP contribution is -2.45. The monoisotopic (exact) mass is 520 g/mol. The second kappa shape index (κ2) is 11.2. The van der Waals surface area contributed by atoms with Gasteiger partial charge in [-0.15, -0.1) is 24.0 Å². The summed E-state index contributed by atoms with van der Waals surface area (Å²) in [5.41, 5.74) is 0.979. The maximum absolute atomic E-state index is 12.5. The van der Waals surface area contributed by atoms with Gasteiger partial charge in [0.05, 0.1) is 13.7 Å². The van der Waals surface area contributed by atoms with Gasteiger partial charge in [-0.2, -0.15) is 13.2 Å². The molecule has 1 saturated heterocycles. The number of hydrogen-bond acceptors (Lipinski definition) is 3. The van der Waals surface area contributed by atoms with Crippen molar-refractivity contribution in [2.75, 3.05) is 40.3 Å². The van der Waals surface area contributed by atoms with E-state index >= 15 is 0 Å². The molecular weight excluding hydrogens is 496 g/mol. The Hall–Kier alpha value is -0.940. The van der Waals surface area contributed by atoms with E-state index in [2.05, 4.69) is 15.6 Å². The van der Waals surface area contributed by atoms with Crippen LogP contribution in [0.25, 0.3) is 0 Å². The fourth-order valence-corrected chi connectivity index (χ4v) is 3.17. The molecule has 0 aliphatic carbocycles. The number of hydrogen-bond donors (Lipinski definition) is 2. The Morgan fingerprint density at radius 1 is 1.41 bits per heavy atom. The number of likely N-dealkylation sites (tertiary alicyclic amines) is 1. The maximum Gasteiger partial charge on any atom is 0.401 e. The summed E-state index contributed by atoms with van der Waals surface area (Å²) in [5, 5.41) is 6.98. The maximum atomic E-state index is 12.5. The van der Waals surface area contributed by atoms with Crippen LogP contribution in [-0.2, 0) is 6.42 Å². The molecule has 1 aromatic rings. The predicted octanol–water partition coefficient (Wildman–Crippen LogP) is 3.31. The number of halogens is 5. The van der Waals surface area contributed by atoms with Gasteiger partial charge in [0, 0.05) is 37.7 Å². The van der Waals surface area contributed by atoms with Gasteiger partial charge >= 0.3 is 6.18 Å². The lowest BCUT2D eigenvalue weighted by molar-refractivity contribution is -0.143. The average Bonchev–Trinajstić information content (AvgIpc) is 3.00. The lowest BCUT2D eigenvalue weighted by Gasteiger charge is -2.20. The van der Waals surface area contributed by atoms with E-state index in [1.807, 2.05) is 12.1 Å². The Morgan fingerprint density at radius 2 is 2.15 bits per heavy atom. The van der Waals surface area contributed by atoms with Crippen LogP contribution in [0.2, 0.25) is 5.02 Å². The Labute approximate surface area is 179 Å². The Bertz CT molecular complexity index is 631. The number of nitrogens with one attached hydrogen (secondary N) is 2. The normalized spacial score (nSPS) is 18.1. The van der Waals surface area contributed by atoms with Gasteiger partial charge in [0.2, 0.25) is 0 Å². The molecule has 5 nitrogen and oxygen atoms in total. The second-order valence-corrected chi connectivity index (χ2v) is 6.59. The predicted molar refractivity (Wildman–Crippen MR) is 113 cm³/mol. The SMILES string of the molecule is CN=C(NCCc1ccc(OC)cc1Cl)NC1CCN(CC(F)(F)F)C1.I. The van der Waals surface area contributed by atoms with Crippen LogP contribution in [0.5, 0.6) is 5.75 Å². The highest BCUT2D eigenvalue weighted by Crippen LogP contribution is 2.22. The van der Waals surface area contributed by atoms with E-state index in [0.717, 1.165) is 5.56 Å². The summed E-state index contributed by atoms with van der Waals surface area (Å²) in [4.78, 5) is 5.54. The largest absolute Gasteiger partial charge is 0.497 e. The van der Waals surface area contributed by atoms with Crippen LogP contribution in [0, 0.1) is 0 Å².